The first-order valence-electron chi connectivity index (χ1n) is 11.2. The van der Waals surface area contributed by atoms with Crippen molar-refractivity contribution < 1.29 is 18.0 Å². The van der Waals surface area contributed by atoms with E-state index >= 15 is 0 Å². The number of rotatable bonds is 6. The average Bonchev–Trinajstić information content (AvgIpc) is 2.83. The Hall–Kier alpha value is -2.36. The number of piperidine rings is 1. The van der Waals surface area contributed by atoms with E-state index in [0.717, 1.165) is 10.5 Å². The Labute approximate surface area is 199 Å². The van der Waals surface area contributed by atoms with Crippen LogP contribution in [0.5, 0.6) is 0 Å². The molecule has 2 aromatic rings. The van der Waals surface area contributed by atoms with Crippen LogP contribution in [0.3, 0.4) is 0 Å². The highest BCUT2D eigenvalue weighted by molar-refractivity contribution is 8.01. The molecular weight excluding hydrogens is 458 g/mol. The van der Waals surface area contributed by atoms with Crippen molar-refractivity contribution in [3.05, 3.63) is 54.1 Å². The molecule has 2 aliphatic heterocycles. The lowest BCUT2D eigenvalue weighted by molar-refractivity contribution is -0.137. The zero-order chi connectivity index (χ0) is 23.6. The second-order valence-electron chi connectivity index (χ2n) is 8.42. The van der Waals surface area contributed by atoms with E-state index in [1.54, 1.807) is 12.1 Å². The van der Waals surface area contributed by atoms with E-state index in [2.05, 4.69) is 5.32 Å². The van der Waals surface area contributed by atoms with E-state index in [9.17, 15) is 18.0 Å². The summed E-state index contributed by atoms with van der Waals surface area (Å²) in [6.45, 7) is 5.57. The summed E-state index contributed by atoms with van der Waals surface area (Å²) in [5.74, 6) is -0.223. The standard InChI is InChI=1S/C24H29N3O4S2/c1-3-26(16-18-7-5-4-6-8-18)24(29)19-11-13-27(14-12-19)33(30,31)20-9-10-22-21(15-20)25-23(28)17(2)32-22/h4-10,15,17,19H,3,11-14,16H2,1-2H3,(H,25,28)/t17-/m0/s1. The summed E-state index contributed by atoms with van der Waals surface area (Å²) in [4.78, 5) is 28.0. The number of nitrogens with zero attached hydrogens (tertiary/aromatic N) is 2. The Morgan fingerprint density at radius 2 is 1.85 bits per heavy atom. The summed E-state index contributed by atoms with van der Waals surface area (Å²) in [6.07, 6.45) is 0.997. The normalized spacial score (nSPS) is 19.6. The molecule has 1 atom stereocenters. The number of carbonyl (C=O) groups excluding carboxylic acids is 2. The maximum absolute atomic E-state index is 13.2. The highest BCUT2D eigenvalue weighted by Crippen LogP contribution is 2.37. The van der Waals surface area contributed by atoms with Crippen LogP contribution in [0.2, 0.25) is 0 Å². The number of amides is 2. The fraction of sp³-hybridized carbons (Fsp3) is 0.417. The topological polar surface area (TPSA) is 86.8 Å². The molecule has 33 heavy (non-hydrogen) atoms. The zero-order valence-corrected chi connectivity index (χ0v) is 20.5. The highest BCUT2D eigenvalue weighted by Gasteiger charge is 2.34. The van der Waals surface area contributed by atoms with Crippen molar-refractivity contribution in [2.45, 2.75) is 48.3 Å². The number of benzene rings is 2. The number of fused-ring (bicyclic) bond motifs is 1. The van der Waals surface area contributed by atoms with Crippen LogP contribution >= 0.6 is 11.8 Å². The number of hydrogen-bond acceptors (Lipinski definition) is 5. The molecular formula is C24H29N3O4S2. The summed E-state index contributed by atoms with van der Waals surface area (Å²) in [5, 5.41) is 2.59. The quantitative estimate of drug-likeness (QED) is 0.673. The van der Waals surface area contributed by atoms with Crippen LogP contribution in [0.25, 0.3) is 0 Å². The van der Waals surface area contributed by atoms with Crippen molar-refractivity contribution >= 4 is 39.3 Å². The van der Waals surface area contributed by atoms with Crippen LogP contribution in [0.1, 0.15) is 32.3 Å². The van der Waals surface area contributed by atoms with Crippen LogP contribution < -0.4 is 5.32 Å². The molecule has 0 unspecified atom stereocenters. The first kappa shape index (κ1) is 23.8. The van der Waals surface area contributed by atoms with Crippen molar-refractivity contribution in [3.63, 3.8) is 0 Å². The third-order valence-electron chi connectivity index (χ3n) is 6.23. The third kappa shape index (κ3) is 5.10. The SMILES string of the molecule is CCN(Cc1ccccc1)C(=O)C1CCN(S(=O)(=O)c2ccc3c(c2)NC(=O)[C@H](C)S3)CC1. The van der Waals surface area contributed by atoms with Crippen molar-refractivity contribution in [1.82, 2.24) is 9.21 Å². The van der Waals surface area contributed by atoms with E-state index in [1.165, 1.54) is 22.1 Å². The summed E-state index contributed by atoms with van der Waals surface area (Å²) >= 11 is 1.42. The number of anilines is 1. The molecule has 2 aliphatic rings. The second-order valence-corrected chi connectivity index (χ2v) is 11.7. The molecule has 176 valence electrons. The molecule has 2 heterocycles. The molecule has 1 N–H and O–H groups in total. The molecule has 0 spiro atoms. The summed E-state index contributed by atoms with van der Waals surface area (Å²) in [5.41, 5.74) is 1.62. The van der Waals surface area contributed by atoms with Gasteiger partial charge < -0.3 is 10.2 Å². The molecule has 1 fully saturated rings. The van der Waals surface area contributed by atoms with Crippen LogP contribution in [-0.4, -0.2) is 54.3 Å². The van der Waals surface area contributed by atoms with Gasteiger partial charge in [0.25, 0.3) is 0 Å². The first-order chi connectivity index (χ1) is 15.8. The highest BCUT2D eigenvalue weighted by atomic mass is 32.2. The zero-order valence-electron chi connectivity index (χ0n) is 18.9. The predicted octanol–water partition coefficient (Wildman–Crippen LogP) is 3.57. The van der Waals surface area contributed by atoms with Gasteiger partial charge in [-0.3, -0.25) is 9.59 Å². The first-order valence-corrected chi connectivity index (χ1v) is 13.6. The van der Waals surface area contributed by atoms with Gasteiger partial charge in [-0.15, -0.1) is 11.8 Å². The molecule has 7 nitrogen and oxygen atoms in total. The van der Waals surface area contributed by atoms with Crippen LogP contribution in [-0.2, 0) is 26.2 Å². The minimum Gasteiger partial charge on any atom is -0.338 e. The van der Waals surface area contributed by atoms with Gasteiger partial charge in [-0.2, -0.15) is 4.31 Å². The van der Waals surface area contributed by atoms with E-state index in [4.69, 9.17) is 0 Å². The van der Waals surface area contributed by atoms with E-state index in [0.29, 0.717) is 44.7 Å². The molecule has 0 saturated carbocycles. The van der Waals surface area contributed by atoms with Crippen molar-refractivity contribution in [3.8, 4) is 0 Å². The molecule has 0 bridgehead atoms. The summed E-state index contributed by atoms with van der Waals surface area (Å²) < 4.78 is 27.9. The van der Waals surface area contributed by atoms with Gasteiger partial charge in [0, 0.05) is 37.0 Å². The largest absolute Gasteiger partial charge is 0.338 e. The molecule has 0 radical (unpaired) electrons. The predicted molar refractivity (Wildman–Crippen MR) is 129 cm³/mol. The number of nitrogens with one attached hydrogen (secondary N) is 1. The smallest absolute Gasteiger partial charge is 0.243 e. The molecule has 9 heteroatoms. The van der Waals surface area contributed by atoms with Gasteiger partial charge in [0.15, 0.2) is 0 Å². The molecule has 0 aliphatic carbocycles. The lowest BCUT2D eigenvalue weighted by Gasteiger charge is -2.33. The Kier molecular flexibility index (Phi) is 7.11. The van der Waals surface area contributed by atoms with Gasteiger partial charge in [0.05, 0.1) is 15.8 Å². The molecule has 2 amide bonds. The van der Waals surface area contributed by atoms with E-state index < -0.39 is 10.0 Å². The molecule has 0 aromatic heterocycles. The molecule has 1 saturated heterocycles. The molecule has 2 aromatic carbocycles. The number of hydrogen-bond donors (Lipinski definition) is 1. The monoisotopic (exact) mass is 487 g/mol. The van der Waals surface area contributed by atoms with E-state index in [1.807, 2.05) is 49.1 Å². The van der Waals surface area contributed by atoms with Gasteiger partial charge in [-0.25, -0.2) is 8.42 Å². The van der Waals surface area contributed by atoms with Gasteiger partial charge in [0.1, 0.15) is 0 Å². The third-order valence-corrected chi connectivity index (χ3v) is 9.30. The van der Waals surface area contributed by atoms with Crippen molar-refractivity contribution in [2.75, 3.05) is 25.0 Å². The Morgan fingerprint density at radius 3 is 2.52 bits per heavy atom. The summed E-state index contributed by atoms with van der Waals surface area (Å²) in [6, 6.07) is 14.8. The Bertz CT molecular complexity index is 1130. The minimum absolute atomic E-state index is 0.0843. The average molecular weight is 488 g/mol. The summed E-state index contributed by atoms with van der Waals surface area (Å²) in [7, 11) is -3.70. The Morgan fingerprint density at radius 1 is 1.15 bits per heavy atom. The Balaban J connectivity index is 1.41. The van der Waals surface area contributed by atoms with Crippen LogP contribution in [0, 0.1) is 5.92 Å². The van der Waals surface area contributed by atoms with Gasteiger partial charge in [-0.1, -0.05) is 30.3 Å². The fourth-order valence-electron chi connectivity index (χ4n) is 4.25. The second kappa shape index (κ2) is 9.87. The van der Waals surface area contributed by atoms with Crippen LogP contribution in [0.4, 0.5) is 5.69 Å². The fourth-order valence-corrected chi connectivity index (χ4v) is 6.67. The lowest BCUT2D eigenvalue weighted by Crippen LogP contribution is -2.44. The van der Waals surface area contributed by atoms with Crippen molar-refractivity contribution in [2.24, 2.45) is 5.92 Å². The van der Waals surface area contributed by atoms with Gasteiger partial charge >= 0.3 is 0 Å². The lowest BCUT2D eigenvalue weighted by atomic mass is 9.96. The maximum atomic E-state index is 13.2. The maximum Gasteiger partial charge on any atom is 0.243 e. The van der Waals surface area contributed by atoms with E-state index in [-0.39, 0.29) is 27.9 Å². The van der Waals surface area contributed by atoms with Crippen LogP contribution in [0.15, 0.2) is 58.3 Å². The minimum atomic E-state index is -3.70. The van der Waals surface area contributed by atoms with Gasteiger partial charge in [-0.05, 0) is 50.5 Å². The number of carbonyl (C=O) groups is 2. The molecule has 4 rings (SSSR count). The number of sulfonamides is 1. The van der Waals surface area contributed by atoms with Crippen molar-refractivity contribution in [1.29, 1.82) is 0 Å². The van der Waals surface area contributed by atoms with Gasteiger partial charge in [0.2, 0.25) is 21.8 Å². The number of thioether (sulfide) groups is 1.